The minimum Gasteiger partial charge on any atom is -0.309 e. The summed E-state index contributed by atoms with van der Waals surface area (Å²) in [4.78, 5) is 18.0. The maximum absolute atomic E-state index is 12.6. The molecule has 1 saturated heterocycles. The largest absolute Gasteiger partial charge is 0.309 e. The second-order valence-electron chi connectivity index (χ2n) is 7.76. The zero-order valence-corrected chi connectivity index (χ0v) is 15.4. The highest BCUT2D eigenvalue weighted by atomic mass is 16.1. The van der Waals surface area contributed by atoms with Crippen LogP contribution in [-0.2, 0) is 19.4 Å². The summed E-state index contributed by atoms with van der Waals surface area (Å²) in [5.41, 5.74) is 4.47. The van der Waals surface area contributed by atoms with Crippen molar-refractivity contribution >= 4 is 11.0 Å². The Morgan fingerprint density at radius 2 is 2.00 bits per heavy atom. The first kappa shape index (κ1) is 16.8. The molecule has 2 aliphatic rings. The van der Waals surface area contributed by atoms with Crippen LogP contribution in [0.5, 0.6) is 0 Å². The van der Waals surface area contributed by atoms with Gasteiger partial charge in [-0.2, -0.15) is 5.10 Å². The first-order chi connectivity index (χ1) is 12.1. The Kier molecular flexibility index (Phi) is 4.65. The number of H-pyrrole nitrogens is 1. The van der Waals surface area contributed by atoms with E-state index in [0.29, 0.717) is 6.04 Å². The average Bonchev–Trinajstić information content (AvgIpc) is 3.23. The standard InChI is InChI=1S/C19H29N5O/c1-23(2)11-6-12-24-18-16(17(22-24)15-9-5-10-20-15)13-7-3-4-8-14(13)19(25)21-18/h15,20H,3-12H2,1-2H3,(H,21,25). The number of rotatable bonds is 5. The summed E-state index contributed by atoms with van der Waals surface area (Å²) in [6.07, 6.45) is 7.58. The molecule has 2 aromatic heterocycles. The van der Waals surface area contributed by atoms with Crippen molar-refractivity contribution in [3.8, 4) is 0 Å². The van der Waals surface area contributed by atoms with E-state index in [-0.39, 0.29) is 5.56 Å². The van der Waals surface area contributed by atoms with Crippen molar-refractivity contribution in [1.29, 1.82) is 0 Å². The van der Waals surface area contributed by atoms with Crippen LogP contribution < -0.4 is 10.9 Å². The molecule has 6 nitrogen and oxygen atoms in total. The molecule has 1 atom stereocenters. The summed E-state index contributed by atoms with van der Waals surface area (Å²) in [7, 11) is 4.18. The van der Waals surface area contributed by atoms with Gasteiger partial charge >= 0.3 is 0 Å². The highest BCUT2D eigenvalue weighted by molar-refractivity contribution is 5.84. The van der Waals surface area contributed by atoms with Gasteiger partial charge in [-0.25, -0.2) is 4.68 Å². The Morgan fingerprint density at radius 3 is 2.72 bits per heavy atom. The fourth-order valence-corrected chi connectivity index (χ4v) is 4.38. The number of hydrogen-bond acceptors (Lipinski definition) is 4. The lowest BCUT2D eigenvalue weighted by Crippen LogP contribution is -2.21. The molecule has 0 amide bonds. The molecule has 0 bridgehead atoms. The summed E-state index contributed by atoms with van der Waals surface area (Å²) >= 11 is 0. The molecule has 1 fully saturated rings. The molecule has 0 radical (unpaired) electrons. The number of aromatic amines is 1. The molecule has 3 heterocycles. The normalized spacial score (nSPS) is 20.5. The lowest BCUT2D eigenvalue weighted by molar-refractivity contribution is 0.381. The smallest absolute Gasteiger partial charge is 0.253 e. The zero-order valence-electron chi connectivity index (χ0n) is 15.4. The van der Waals surface area contributed by atoms with E-state index >= 15 is 0 Å². The fourth-order valence-electron chi connectivity index (χ4n) is 4.38. The van der Waals surface area contributed by atoms with Crippen molar-refractivity contribution in [2.45, 2.75) is 57.5 Å². The molecule has 2 aromatic rings. The van der Waals surface area contributed by atoms with Crippen molar-refractivity contribution < 1.29 is 0 Å². The number of nitrogens with one attached hydrogen (secondary N) is 2. The summed E-state index contributed by atoms with van der Waals surface area (Å²) < 4.78 is 2.05. The van der Waals surface area contributed by atoms with Crippen LogP contribution in [0.3, 0.4) is 0 Å². The molecular weight excluding hydrogens is 314 g/mol. The first-order valence-corrected chi connectivity index (χ1v) is 9.67. The van der Waals surface area contributed by atoms with E-state index < -0.39 is 0 Å². The van der Waals surface area contributed by atoms with Crippen LogP contribution in [0, 0.1) is 0 Å². The molecule has 0 saturated carbocycles. The van der Waals surface area contributed by atoms with E-state index in [1.165, 1.54) is 23.8 Å². The number of fused-ring (bicyclic) bond motifs is 3. The molecule has 136 valence electrons. The second-order valence-corrected chi connectivity index (χ2v) is 7.76. The number of aryl methyl sites for hydroxylation is 2. The van der Waals surface area contributed by atoms with E-state index in [0.717, 1.165) is 68.6 Å². The van der Waals surface area contributed by atoms with Gasteiger partial charge in [0, 0.05) is 17.5 Å². The van der Waals surface area contributed by atoms with Gasteiger partial charge in [-0.1, -0.05) is 0 Å². The van der Waals surface area contributed by atoms with E-state index in [1.807, 2.05) is 4.68 Å². The molecule has 4 rings (SSSR count). The van der Waals surface area contributed by atoms with Gasteiger partial charge in [-0.05, 0) is 77.7 Å². The van der Waals surface area contributed by atoms with Gasteiger partial charge in [0.25, 0.3) is 5.56 Å². The molecular formula is C19H29N5O. The summed E-state index contributed by atoms with van der Waals surface area (Å²) in [6.45, 7) is 2.93. The average molecular weight is 343 g/mol. The quantitative estimate of drug-likeness (QED) is 0.871. The molecule has 1 aliphatic heterocycles. The molecule has 1 unspecified atom stereocenters. The van der Waals surface area contributed by atoms with Crippen LogP contribution >= 0.6 is 0 Å². The number of pyridine rings is 1. The lowest BCUT2D eigenvalue weighted by atomic mass is 9.89. The van der Waals surface area contributed by atoms with Crippen LogP contribution in [0.15, 0.2) is 4.79 Å². The highest BCUT2D eigenvalue weighted by Gasteiger charge is 2.27. The number of aromatic nitrogens is 3. The van der Waals surface area contributed by atoms with Crippen molar-refractivity contribution in [3.05, 3.63) is 27.2 Å². The third-order valence-corrected chi connectivity index (χ3v) is 5.62. The Balaban J connectivity index is 1.82. The maximum atomic E-state index is 12.6. The van der Waals surface area contributed by atoms with E-state index in [1.54, 1.807) is 0 Å². The number of nitrogens with zero attached hydrogens (tertiary/aromatic N) is 3. The molecule has 0 spiro atoms. The van der Waals surface area contributed by atoms with E-state index in [2.05, 4.69) is 29.3 Å². The van der Waals surface area contributed by atoms with Gasteiger partial charge in [-0.15, -0.1) is 0 Å². The Bertz CT molecular complexity index is 813. The van der Waals surface area contributed by atoms with Crippen LogP contribution in [0.1, 0.15) is 55.0 Å². The van der Waals surface area contributed by atoms with E-state index in [9.17, 15) is 4.79 Å². The third kappa shape index (κ3) is 3.13. The van der Waals surface area contributed by atoms with Crippen LogP contribution in [-0.4, -0.2) is 46.8 Å². The minimum absolute atomic E-state index is 0.0990. The Labute approximate surface area is 148 Å². The van der Waals surface area contributed by atoms with Crippen LogP contribution in [0.4, 0.5) is 0 Å². The summed E-state index contributed by atoms with van der Waals surface area (Å²) in [6, 6.07) is 0.328. The van der Waals surface area contributed by atoms with Gasteiger partial charge in [0.15, 0.2) is 0 Å². The fraction of sp³-hybridized carbons (Fsp3) is 0.684. The van der Waals surface area contributed by atoms with Crippen molar-refractivity contribution in [1.82, 2.24) is 25.0 Å². The first-order valence-electron chi connectivity index (χ1n) is 9.67. The molecule has 25 heavy (non-hydrogen) atoms. The molecule has 0 aromatic carbocycles. The van der Waals surface area contributed by atoms with Gasteiger partial charge in [0.1, 0.15) is 5.65 Å². The SMILES string of the molecule is CN(C)CCCn1nc(C2CCCN2)c2c3c(c(=O)[nH]c21)CCCC3. The van der Waals surface area contributed by atoms with Gasteiger partial charge < -0.3 is 15.2 Å². The minimum atomic E-state index is 0.0990. The van der Waals surface area contributed by atoms with Crippen LogP contribution in [0.2, 0.25) is 0 Å². The predicted molar refractivity (Wildman–Crippen MR) is 100 cm³/mol. The monoisotopic (exact) mass is 343 g/mol. The molecule has 2 N–H and O–H groups in total. The number of hydrogen-bond donors (Lipinski definition) is 2. The maximum Gasteiger partial charge on any atom is 0.253 e. The Morgan fingerprint density at radius 1 is 1.20 bits per heavy atom. The van der Waals surface area contributed by atoms with Crippen molar-refractivity contribution in [3.63, 3.8) is 0 Å². The topological polar surface area (TPSA) is 66.0 Å². The predicted octanol–water partition coefficient (Wildman–Crippen LogP) is 1.98. The lowest BCUT2D eigenvalue weighted by Gasteiger charge is -2.17. The second kappa shape index (κ2) is 6.92. The molecule has 1 aliphatic carbocycles. The summed E-state index contributed by atoms with van der Waals surface area (Å²) in [5, 5.41) is 9.82. The van der Waals surface area contributed by atoms with Crippen LogP contribution in [0.25, 0.3) is 11.0 Å². The van der Waals surface area contributed by atoms with Gasteiger partial charge in [-0.3, -0.25) is 4.79 Å². The Hall–Kier alpha value is -1.66. The zero-order chi connectivity index (χ0) is 17.4. The van der Waals surface area contributed by atoms with Gasteiger partial charge in [0.05, 0.1) is 11.7 Å². The molecule has 6 heteroatoms. The third-order valence-electron chi connectivity index (χ3n) is 5.62. The highest BCUT2D eigenvalue weighted by Crippen LogP contribution is 2.33. The van der Waals surface area contributed by atoms with Crippen molar-refractivity contribution in [2.75, 3.05) is 27.2 Å². The van der Waals surface area contributed by atoms with Gasteiger partial charge in [0.2, 0.25) is 0 Å². The van der Waals surface area contributed by atoms with Crippen molar-refractivity contribution in [2.24, 2.45) is 0 Å². The van der Waals surface area contributed by atoms with E-state index in [4.69, 9.17) is 5.10 Å². The summed E-state index contributed by atoms with van der Waals surface area (Å²) in [5.74, 6) is 0.